The fraction of sp³-hybridized carbons (Fsp3) is 0.167. The zero-order chi connectivity index (χ0) is 12.3. The van der Waals surface area contributed by atoms with Crippen LogP contribution in [0.5, 0.6) is 5.88 Å². The van der Waals surface area contributed by atoms with E-state index >= 15 is 0 Å². The van der Waals surface area contributed by atoms with Crippen molar-refractivity contribution in [2.45, 2.75) is 6.92 Å². The van der Waals surface area contributed by atoms with E-state index in [4.69, 9.17) is 4.74 Å². The topological polar surface area (TPSA) is 65.0 Å². The summed E-state index contributed by atoms with van der Waals surface area (Å²) in [4.78, 5) is 23.9. The minimum Gasteiger partial charge on any atom is -0.481 e. The molecule has 0 spiro atoms. The van der Waals surface area contributed by atoms with Gasteiger partial charge in [-0.2, -0.15) is 0 Å². The van der Waals surface area contributed by atoms with E-state index in [0.717, 1.165) is 5.56 Å². The average Bonchev–Trinajstić information content (AvgIpc) is 2.38. The molecule has 0 bridgehead atoms. The predicted octanol–water partition coefficient (Wildman–Crippen LogP) is 1.42. The van der Waals surface area contributed by atoms with Crippen LogP contribution < -0.4 is 4.74 Å². The van der Waals surface area contributed by atoms with Crippen molar-refractivity contribution in [3.8, 4) is 5.88 Å². The fourth-order valence-electron chi connectivity index (χ4n) is 1.41. The molecule has 0 fully saturated rings. The number of methoxy groups -OCH3 is 1. The largest absolute Gasteiger partial charge is 0.481 e. The smallest absolute Gasteiger partial charge is 0.216 e. The number of aromatic nitrogens is 3. The molecule has 2 rings (SSSR count). The van der Waals surface area contributed by atoms with Crippen LogP contribution in [0.2, 0.25) is 0 Å². The Kier molecular flexibility index (Phi) is 3.09. The number of rotatable bonds is 3. The van der Waals surface area contributed by atoms with E-state index in [1.165, 1.54) is 25.7 Å². The average molecular weight is 229 g/mol. The van der Waals surface area contributed by atoms with Crippen LogP contribution in [0.4, 0.5) is 0 Å². The van der Waals surface area contributed by atoms with Crippen molar-refractivity contribution < 1.29 is 9.53 Å². The Morgan fingerprint density at radius 1 is 1.35 bits per heavy atom. The quantitative estimate of drug-likeness (QED) is 0.745. The molecule has 0 amide bonds. The molecule has 0 aliphatic rings. The van der Waals surface area contributed by atoms with Gasteiger partial charge in [0.05, 0.1) is 7.11 Å². The fourth-order valence-corrected chi connectivity index (χ4v) is 1.41. The van der Waals surface area contributed by atoms with Crippen LogP contribution in [0.1, 0.15) is 21.6 Å². The summed E-state index contributed by atoms with van der Waals surface area (Å²) in [6, 6.07) is 3.29. The van der Waals surface area contributed by atoms with Crippen LogP contribution in [-0.2, 0) is 0 Å². The molecule has 0 N–H and O–H groups in total. The molecule has 2 aromatic rings. The highest BCUT2D eigenvalue weighted by atomic mass is 16.5. The van der Waals surface area contributed by atoms with E-state index in [1.54, 1.807) is 12.3 Å². The normalized spacial score (nSPS) is 10.0. The second-order valence-corrected chi connectivity index (χ2v) is 3.47. The predicted molar refractivity (Wildman–Crippen MR) is 61.0 cm³/mol. The Morgan fingerprint density at radius 2 is 2.18 bits per heavy atom. The molecule has 0 radical (unpaired) electrons. The molecule has 5 heteroatoms. The third kappa shape index (κ3) is 2.28. The first kappa shape index (κ1) is 11.2. The minimum absolute atomic E-state index is 0.184. The molecule has 2 heterocycles. The number of ether oxygens (including phenoxy) is 1. The Labute approximate surface area is 98.5 Å². The van der Waals surface area contributed by atoms with Gasteiger partial charge >= 0.3 is 0 Å². The molecular formula is C12H11N3O2. The van der Waals surface area contributed by atoms with Gasteiger partial charge in [0.25, 0.3) is 0 Å². The van der Waals surface area contributed by atoms with Gasteiger partial charge in [0.2, 0.25) is 11.7 Å². The molecule has 5 nitrogen and oxygen atoms in total. The van der Waals surface area contributed by atoms with E-state index in [1.807, 2.05) is 6.92 Å². The summed E-state index contributed by atoms with van der Waals surface area (Å²) >= 11 is 0. The van der Waals surface area contributed by atoms with Crippen molar-refractivity contribution >= 4 is 5.78 Å². The molecule has 2 aromatic heterocycles. The van der Waals surface area contributed by atoms with Crippen LogP contribution in [0.3, 0.4) is 0 Å². The lowest BCUT2D eigenvalue weighted by Crippen LogP contribution is -2.07. The molecule has 0 atom stereocenters. The first-order valence-electron chi connectivity index (χ1n) is 5.03. The molecule has 0 aromatic carbocycles. The molecule has 0 aliphatic heterocycles. The van der Waals surface area contributed by atoms with Crippen LogP contribution in [0.15, 0.2) is 30.9 Å². The van der Waals surface area contributed by atoms with Crippen molar-refractivity contribution in [1.82, 2.24) is 15.0 Å². The van der Waals surface area contributed by atoms with Gasteiger partial charge < -0.3 is 4.74 Å². The van der Waals surface area contributed by atoms with Crippen molar-refractivity contribution in [2.24, 2.45) is 0 Å². The molecule has 0 aliphatic carbocycles. The SMILES string of the molecule is COc1cc(C(=O)c2cnccc2C)ncn1. The lowest BCUT2D eigenvalue weighted by molar-refractivity contribution is 0.103. The lowest BCUT2D eigenvalue weighted by Gasteiger charge is -2.04. The van der Waals surface area contributed by atoms with Gasteiger partial charge in [0.1, 0.15) is 12.0 Å². The summed E-state index contributed by atoms with van der Waals surface area (Å²) < 4.78 is 4.95. The second-order valence-electron chi connectivity index (χ2n) is 3.47. The zero-order valence-corrected chi connectivity index (χ0v) is 9.54. The van der Waals surface area contributed by atoms with Crippen LogP contribution >= 0.6 is 0 Å². The summed E-state index contributed by atoms with van der Waals surface area (Å²) in [5.74, 6) is 0.182. The first-order chi connectivity index (χ1) is 8.22. The molecule has 17 heavy (non-hydrogen) atoms. The Hall–Kier alpha value is -2.30. The lowest BCUT2D eigenvalue weighted by atomic mass is 10.1. The number of hydrogen-bond acceptors (Lipinski definition) is 5. The monoisotopic (exact) mass is 229 g/mol. The first-order valence-corrected chi connectivity index (χ1v) is 5.03. The second kappa shape index (κ2) is 4.69. The number of hydrogen-bond donors (Lipinski definition) is 0. The highest BCUT2D eigenvalue weighted by Gasteiger charge is 2.14. The standard InChI is InChI=1S/C12H11N3O2/c1-8-3-4-13-6-9(8)12(16)10-5-11(17-2)15-7-14-10/h3-7H,1-2H3. The summed E-state index contributed by atoms with van der Waals surface area (Å²) in [7, 11) is 1.49. The Balaban J connectivity index is 2.40. The third-order valence-corrected chi connectivity index (χ3v) is 2.37. The summed E-state index contributed by atoms with van der Waals surface area (Å²) in [5.41, 5.74) is 1.70. The summed E-state index contributed by atoms with van der Waals surface area (Å²) in [6.45, 7) is 1.85. The molecule has 0 saturated heterocycles. The number of carbonyl (C=O) groups is 1. The van der Waals surface area contributed by atoms with Gasteiger partial charge in [0, 0.05) is 24.0 Å². The van der Waals surface area contributed by atoms with E-state index in [9.17, 15) is 4.79 Å². The van der Waals surface area contributed by atoms with E-state index in [-0.39, 0.29) is 5.78 Å². The summed E-state index contributed by atoms with van der Waals surface area (Å²) in [6.07, 6.45) is 4.48. The number of aryl methyl sites for hydroxylation is 1. The third-order valence-electron chi connectivity index (χ3n) is 2.37. The molecule has 0 unspecified atom stereocenters. The van der Waals surface area contributed by atoms with Gasteiger partial charge in [-0.3, -0.25) is 9.78 Å². The molecule has 0 saturated carbocycles. The van der Waals surface area contributed by atoms with E-state index in [0.29, 0.717) is 17.1 Å². The number of ketones is 1. The highest BCUT2D eigenvalue weighted by Crippen LogP contribution is 2.13. The minimum atomic E-state index is -0.184. The summed E-state index contributed by atoms with van der Waals surface area (Å²) in [5, 5.41) is 0. The van der Waals surface area contributed by atoms with Crippen molar-refractivity contribution in [3.63, 3.8) is 0 Å². The molecule has 86 valence electrons. The zero-order valence-electron chi connectivity index (χ0n) is 9.54. The van der Waals surface area contributed by atoms with Crippen LogP contribution in [0.25, 0.3) is 0 Å². The van der Waals surface area contributed by atoms with E-state index in [2.05, 4.69) is 15.0 Å². The van der Waals surface area contributed by atoms with Crippen molar-refractivity contribution in [1.29, 1.82) is 0 Å². The number of nitrogens with zero attached hydrogens (tertiary/aromatic N) is 3. The van der Waals surface area contributed by atoms with Gasteiger partial charge in [-0.05, 0) is 18.6 Å². The van der Waals surface area contributed by atoms with Gasteiger partial charge in [0.15, 0.2) is 0 Å². The van der Waals surface area contributed by atoms with E-state index < -0.39 is 0 Å². The maximum atomic E-state index is 12.1. The van der Waals surface area contributed by atoms with Crippen LogP contribution in [0, 0.1) is 6.92 Å². The maximum Gasteiger partial charge on any atom is 0.216 e. The Morgan fingerprint density at radius 3 is 2.88 bits per heavy atom. The number of carbonyl (C=O) groups excluding carboxylic acids is 1. The van der Waals surface area contributed by atoms with Crippen molar-refractivity contribution in [2.75, 3.05) is 7.11 Å². The molecular weight excluding hydrogens is 218 g/mol. The highest BCUT2D eigenvalue weighted by molar-refractivity contribution is 6.08. The maximum absolute atomic E-state index is 12.1. The van der Waals surface area contributed by atoms with Crippen LogP contribution in [-0.4, -0.2) is 27.8 Å². The number of pyridine rings is 1. The van der Waals surface area contributed by atoms with Gasteiger partial charge in [-0.1, -0.05) is 0 Å². The van der Waals surface area contributed by atoms with Crippen molar-refractivity contribution in [3.05, 3.63) is 47.7 Å². The van der Waals surface area contributed by atoms with Gasteiger partial charge in [-0.15, -0.1) is 0 Å². The van der Waals surface area contributed by atoms with Gasteiger partial charge in [-0.25, -0.2) is 9.97 Å². The Bertz CT molecular complexity index is 555.